The molecule has 0 fully saturated rings. The van der Waals surface area contributed by atoms with Gasteiger partial charge in [-0.25, -0.2) is 0 Å². The van der Waals surface area contributed by atoms with Crippen LogP contribution in [0.1, 0.15) is 31.2 Å². The normalized spacial score (nSPS) is 9.93. The Kier molecular flexibility index (Phi) is 5.60. The summed E-state index contributed by atoms with van der Waals surface area (Å²) in [7, 11) is 0. The second-order valence-electron chi connectivity index (χ2n) is 3.54. The van der Waals surface area contributed by atoms with E-state index in [2.05, 4.69) is 13.5 Å². The van der Waals surface area contributed by atoms with E-state index in [4.69, 9.17) is 4.74 Å². The molecule has 0 aliphatic rings. The first-order valence-corrected chi connectivity index (χ1v) is 5.51. The summed E-state index contributed by atoms with van der Waals surface area (Å²) in [5, 5.41) is 0. The summed E-state index contributed by atoms with van der Waals surface area (Å²) < 4.78 is 5.60. The van der Waals surface area contributed by atoms with E-state index in [9.17, 15) is 0 Å². The molecule has 0 atom stereocenters. The van der Waals surface area contributed by atoms with E-state index in [1.54, 1.807) is 0 Å². The van der Waals surface area contributed by atoms with Gasteiger partial charge in [0.2, 0.25) is 0 Å². The van der Waals surface area contributed by atoms with Gasteiger partial charge in [0.05, 0.1) is 6.61 Å². The van der Waals surface area contributed by atoms with Crippen molar-refractivity contribution in [1.82, 2.24) is 0 Å². The Morgan fingerprint density at radius 1 is 1.07 bits per heavy atom. The van der Waals surface area contributed by atoms with Crippen LogP contribution >= 0.6 is 0 Å². The molecule has 0 aliphatic carbocycles. The number of ether oxygens (including phenoxy) is 1. The average Bonchev–Trinajstić information content (AvgIpc) is 2.30. The van der Waals surface area contributed by atoms with Gasteiger partial charge in [-0.1, -0.05) is 51.0 Å². The van der Waals surface area contributed by atoms with Gasteiger partial charge in [0.15, 0.2) is 0 Å². The summed E-state index contributed by atoms with van der Waals surface area (Å²) in [5.41, 5.74) is 1.12. The van der Waals surface area contributed by atoms with E-state index >= 15 is 0 Å². The fourth-order valence-corrected chi connectivity index (χ4v) is 1.35. The van der Waals surface area contributed by atoms with Crippen molar-refractivity contribution in [3.8, 4) is 5.75 Å². The van der Waals surface area contributed by atoms with Crippen LogP contribution in [-0.4, -0.2) is 6.61 Å². The Bertz CT molecular complexity index is 274. The molecule has 1 aromatic carbocycles. The molecular formula is C14H19O. The number of hydrogen-bond donors (Lipinski definition) is 0. The molecule has 1 aromatic rings. The van der Waals surface area contributed by atoms with E-state index in [0.717, 1.165) is 30.8 Å². The van der Waals surface area contributed by atoms with Crippen molar-refractivity contribution in [3.63, 3.8) is 0 Å². The quantitative estimate of drug-likeness (QED) is 0.606. The first-order chi connectivity index (χ1) is 7.36. The van der Waals surface area contributed by atoms with Crippen molar-refractivity contribution in [1.29, 1.82) is 0 Å². The molecule has 1 rings (SSSR count). The minimum absolute atomic E-state index is 0.799. The van der Waals surface area contributed by atoms with Gasteiger partial charge in [-0.2, -0.15) is 0 Å². The molecule has 1 heteroatoms. The van der Waals surface area contributed by atoms with Gasteiger partial charge in [-0.05, 0) is 24.1 Å². The fourth-order valence-electron chi connectivity index (χ4n) is 1.35. The zero-order valence-electron chi connectivity index (χ0n) is 9.24. The molecule has 1 radical (unpaired) electrons. The molecule has 0 amide bonds. The highest BCUT2D eigenvalue weighted by Gasteiger charge is 1.93. The third-order valence-electron chi connectivity index (χ3n) is 2.28. The molecule has 0 aliphatic heterocycles. The Morgan fingerprint density at radius 3 is 2.40 bits per heavy atom. The van der Waals surface area contributed by atoms with Crippen molar-refractivity contribution in [3.05, 3.63) is 43.3 Å². The van der Waals surface area contributed by atoms with Crippen molar-refractivity contribution in [2.75, 3.05) is 6.61 Å². The predicted octanol–water partition coefficient (Wildman–Crippen LogP) is 4.10. The highest BCUT2D eigenvalue weighted by atomic mass is 16.5. The summed E-state index contributed by atoms with van der Waals surface area (Å²) in [6, 6.07) is 7.99. The summed E-state index contributed by atoms with van der Waals surface area (Å²) in [6.07, 6.45) is 6.36. The Balaban J connectivity index is 2.22. The summed E-state index contributed by atoms with van der Waals surface area (Å²) in [6.45, 7) is 8.32. The molecule has 1 nitrogen and oxygen atoms in total. The van der Waals surface area contributed by atoms with E-state index in [-0.39, 0.29) is 0 Å². The van der Waals surface area contributed by atoms with Crippen LogP contribution in [0.2, 0.25) is 0 Å². The van der Waals surface area contributed by atoms with E-state index in [1.165, 1.54) is 12.8 Å². The molecule has 0 aromatic heterocycles. The first kappa shape index (κ1) is 11.8. The van der Waals surface area contributed by atoms with E-state index < -0.39 is 0 Å². The maximum absolute atomic E-state index is 5.60. The Morgan fingerprint density at radius 2 is 1.80 bits per heavy atom. The molecule has 0 heterocycles. The van der Waals surface area contributed by atoms with Crippen LogP contribution in [0.5, 0.6) is 5.75 Å². The molecule has 15 heavy (non-hydrogen) atoms. The van der Waals surface area contributed by atoms with Crippen molar-refractivity contribution < 1.29 is 4.74 Å². The van der Waals surface area contributed by atoms with Crippen LogP contribution in [0.3, 0.4) is 0 Å². The zero-order valence-corrected chi connectivity index (χ0v) is 9.24. The van der Waals surface area contributed by atoms with E-state index in [0.29, 0.717) is 0 Å². The molecule has 0 N–H and O–H groups in total. The highest BCUT2D eigenvalue weighted by Crippen LogP contribution is 2.13. The summed E-state index contributed by atoms with van der Waals surface area (Å²) in [4.78, 5) is 0. The minimum atomic E-state index is 0.799. The van der Waals surface area contributed by atoms with Crippen LogP contribution in [0.15, 0.2) is 30.8 Å². The van der Waals surface area contributed by atoms with Crippen molar-refractivity contribution in [2.45, 2.75) is 25.7 Å². The third-order valence-corrected chi connectivity index (χ3v) is 2.28. The molecular weight excluding hydrogens is 184 g/mol. The average molecular weight is 203 g/mol. The standard InChI is InChI=1S/C14H19O/c1-3-5-6-7-12-15-14-10-8-13(4-2)9-11-14/h4,8-11H,1-3,5-7,12H2. The lowest BCUT2D eigenvalue weighted by Gasteiger charge is -2.05. The van der Waals surface area contributed by atoms with Crippen molar-refractivity contribution in [2.24, 2.45) is 0 Å². The van der Waals surface area contributed by atoms with Crippen LogP contribution in [-0.2, 0) is 0 Å². The number of rotatable bonds is 7. The lowest BCUT2D eigenvalue weighted by Crippen LogP contribution is -1.96. The fraction of sp³-hybridized carbons (Fsp3) is 0.357. The maximum Gasteiger partial charge on any atom is 0.119 e. The zero-order chi connectivity index (χ0) is 10.9. The van der Waals surface area contributed by atoms with Gasteiger partial charge >= 0.3 is 0 Å². The Hall–Kier alpha value is -1.24. The number of unbranched alkanes of at least 4 members (excludes halogenated alkanes) is 3. The van der Waals surface area contributed by atoms with Gasteiger partial charge in [-0.15, -0.1) is 0 Å². The van der Waals surface area contributed by atoms with Gasteiger partial charge in [0.25, 0.3) is 0 Å². The molecule has 81 valence electrons. The van der Waals surface area contributed by atoms with Gasteiger partial charge < -0.3 is 4.74 Å². The SMILES string of the molecule is [CH2]CCCCCOc1ccc(C=C)cc1. The van der Waals surface area contributed by atoms with E-state index in [1.807, 2.05) is 30.3 Å². The Labute approximate surface area is 92.8 Å². The topological polar surface area (TPSA) is 9.23 Å². The molecule has 0 saturated heterocycles. The molecule has 0 bridgehead atoms. The maximum atomic E-state index is 5.60. The van der Waals surface area contributed by atoms with Crippen LogP contribution in [0.25, 0.3) is 6.08 Å². The largest absolute Gasteiger partial charge is 0.494 e. The second-order valence-corrected chi connectivity index (χ2v) is 3.54. The molecule has 0 unspecified atom stereocenters. The summed E-state index contributed by atoms with van der Waals surface area (Å²) >= 11 is 0. The molecule has 0 spiro atoms. The van der Waals surface area contributed by atoms with Crippen LogP contribution in [0, 0.1) is 6.92 Å². The monoisotopic (exact) mass is 203 g/mol. The van der Waals surface area contributed by atoms with Crippen LogP contribution < -0.4 is 4.74 Å². The number of hydrogen-bond acceptors (Lipinski definition) is 1. The predicted molar refractivity (Wildman–Crippen MR) is 65.9 cm³/mol. The summed E-state index contributed by atoms with van der Waals surface area (Å²) in [5.74, 6) is 0.940. The van der Waals surface area contributed by atoms with Gasteiger partial charge in [-0.3, -0.25) is 0 Å². The van der Waals surface area contributed by atoms with Crippen LogP contribution in [0.4, 0.5) is 0 Å². The lowest BCUT2D eigenvalue weighted by atomic mass is 10.2. The number of benzene rings is 1. The molecule has 0 saturated carbocycles. The lowest BCUT2D eigenvalue weighted by molar-refractivity contribution is 0.305. The van der Waals surface area contributed by atoms with Gasteiger partial charge in [0.1, 0.15) is 5.75 Å². The van der Waals surface area contributed by atoms with Crippen molar-refractivity contribution >= 4 is 6.08 Å². The third kappa shape index (κ3) is 4.68. The second kappa shape index (κ2) is 7.10. The first-order valence-electron chi connectivity index (χ1n) is 5.51. The minimum Gasteiger partial charge on any atom is -0.494 e. The highest BCUT2D eigenvalue weighted by molar-refractivity contribution is 5.48. The smallest absolute Gasteiger partial charge is 0.119 e. The van der Waals surface area contributed by atoms with Gasteiger partial charge in [0, 0.05) is 0 Å².